The van der Waals surface area contributed by atoms with Crippen molar-refractivity contribution in [1.29, 1.82) is 0 Å². The predicted molar refractivity (Wildman–Crippen MR) is 208 cm³/mol. The van der Waals surface area contributed by atoms with Crippen molar-refractivity contribution in [1.82, 2.24) is 21.3 Å². The van der Waals surface area contributed by atoms with Crippen LogP contribution in [0.15, 0.2) is 68.5 Å². The molecule has 2 aromatic carbocycles. The van der Waals surface area contributed by atoms with E-state index in [1.165, 1.54) is 45.3 Å². The second-order valence-corrected chi connectivity index (χ2v) is 13.0. The molecule has 0 saturated heterocycles. The zero-order chi connectivity index (χ0) is 33.8. The van der Waals surface area contributed by atoms with Crippen LogP contribution in [0.3, 0.4) is 0 Å². The van der Waals surface area contributed by atoms with Crippen LogP contribution in [0, 0.1) is 0 Å². The van der Waals surface area contributed by atoms with Crippen LogP contribution in [0.4, 0.5) is 11.4 Å². The van der Waals surface area contributed by atoms with Gasteiger partial charge in [-0.2, -0.15) is 0 Å². The second-order valence-electron chi connectivity index (χ2n) is 13.0. The van der Waals surface area contributed by atoms with Crippen molar-refractivity contribution in [3.8, 4) is 11.1 Å². The van der Waals surface area contributed by atoms with Crippen LogP contribution >= 0.6 is 0 Å². The van der Waals surface area contributed by atoms with Gasteiger partial charge >= 0.3 is 0 Å². The van der Waals surface area contributed by atoms with E-state index in [0.29, 0.717) is 0 Å². The molecule has 4 N–H and O–H groups in total. The highest BCUT2D eigenvalue weighted by Gasteiger charge is 2.10. The second kappa shape index (κ2) is 21.5. The Morgan fingerprint density at radius 3 is 0.958 bits per heavy atom. The van der Waals surface area contributed by atoms with Gasteiger partial charge in [0.05, 0.1) is 26.7 Å². The zero-order valence-electron chi connectivity index (χ0n) is 30.0. The van der Waals surface area contributed by atoms with E-state index < -0.39 is 0 Å². The van der Waals surface area contributed by atoms with E-state index in [9.17, 15) is 0 Å². The number of benzene rings is 2. The fourth-order valence-corrected chi connectivity index (χ4v) is 5.92. The quantitative estimate of drug-likeness (QED) is 0.355. The average molecular weight is 657 g/mol. The van der Waals surface area contributed by atoms with Gasteiger partial charge < -0.3 is 9.80 Å². The number of hydrogen-bond acceptors (Lipinski definition) is 10. The molecule has 262 valence electrons. The molecule has 0 fully saturated rings. The van der Waals surface area contributed by atoms with E-state index in [-0.39, 0.29) is 0 Å². The van der Waals surface area contributed by atoms with Crippen LogP contribution in [0.1, 0.15) is 66.2 Å². The number of aliphatic imine (C=N–C) groups is 4. The third-order valence-corrected chi connectivity index (χ3v) is 8.61. The van der Waals surface area contributed by atoms with Crippen LogP contribution in [-0.4, -0.2) is 102 Å². The molecule has 2 aliphatic heterocycles. The van der Waals surface area contributed by atoms with Crippen molar-refractivity contribution >= 4 is 34.2 Å². The standard InChI is InChI=1S/C38H60N10/c1-31-25-32(2)44-22-6-18-40-28-47(27-39-17-5-21-43-31)37-13-9-35(10-14-37)36-11-15-38(16-12-36)48-29-41-19-7-23-45-33(3)26-34(4)46-24-8-20-42-30-48/h9-16,39-42H,5-8,17-30H2,1-4H3. The van der Waals surface area contributed by atoms with Gasteiger partial charge in [0.2, 0.25) is 0 Å². The monoisotopic (exact) mass is 657 g/mol. The lowest BCUT2D eigenvalue weighted by molar-refractivity contribution is 0.576. The summed E-state index contributed by atoms with van der Waals surface area (Å²) in [7, 11) is 0. The predicted octanol–water partition coefficient (Wildman–Crippen LogP) is 5.37. The molecule has 0 aliphatic carbocycles. The summed E-state index contributed by atoms with van der Waals surface area (Å²) >= 11 is 0. The third kappa shape index (κ3) is 14.0. The van der Waals surface area contributed by atoms with Crippen LogP contribution < -0.4 is 31.1 Å². The molecule has 10 heteroatoms. The molecule has 0 bridgehead atoms. The maximum absolute atomic E-state index is 4.74. The SMILES string of the molecule is CC1=NCCCNCN(c2ccc(-c3ccc(N4CNCCCN=C(C)CC(C)=NCCCNC4)cc3)cc2)CNCCCN=C(C)C1. The molecule has 10 nitrogen and oxygen atoms in total. The molecule has 48 heavy (non-hydrogen) atoms. The fourth-order valence-electron chi connectivity index (χ4n) is 5.92. The lowest BCUT2D eigenvalue weighted by atomic mass is 10.0. The first-order valence-electron chi connectivity index (χ1n) is 18.0. The Labute approximate surface area is 289 Å². The molecule has 0 aromatic heterocycles. The van der Waals surface area contributed by atoms with Crippen molar-refractivity contribution in [3.63, 3.8) is 0 Å². The van der Waals surface area contributed by atoms with Crippen LogP contribution in [-0.2, 0) is 0 Å². The first-order valence-corrected chi connectivity index (χ1v) is 18.0. The molecule has 0 radical (unpaired) electrons. The van der Waals surface area contributed by atoms with Crippen LogP contribution in [0.5, 0.6) is 0 Å². The minimum Gasteiger partial charge on any atom is -0.346 e. The Morgan fingerprint density at radius 2 is 0.688 bits per heavy atom. The van der Waals surface area contributed by atoms with Gasteiger partial charge in [0, 0.05) is 73.2 Å². The highest BCUT2D eigenvalue weighted by molar-refractivity contribution is 6.02. The number of nitrogens with zero attached hydrogens (tertiary/aromatic N) is 6. The van der Waals surface area contributed by atoms with E-state index in [0.717, 1.165) is 118 Å². The summed E-state index contributed by atoms with van der Waals surface area (Å²) in [5, 5.41) is 14.5. The lowest BCUT2D eigenvalue weighted by Crippen LogP contribution is -2.41. The Bertz CT molecular complexity index is 1170. The van der Waals surface area contributed by atoms with Gasteiger partial charge in [-0.15, -0.1) is 0 Å². The van der Waals surface area contributed by atoms with E-state index in [4.69, 9.17) is 20.0 Å². The van der Waals surface area contributed by atoms with Crippen LogP contribution in [0.25, 0.3) is 11.1 Å². The largest absolute Gasteiger partial charge is 0.346 e. The molecule has 4 rings (SSSR count). The third-order valence-electron chi connectivity index (χ3n) is 8.61. The summed E-state index contributed by atoms with van der Waals surface area (Å²) in [6.45, 7) is 18.8. The van der Waals surface area contributed by atoms with Gasteiger partial charge in [0.15, 0.2) is 0 Å². The number of anilines is 2. The molecular formula is C38H60N10. The fraction of sp³-hybridized carbons (Fsp3) is 0.579. The Morgan fingerprint density at radius 1 is 0.417 bits per heavy atom. The minimum absolute atomic E-state index is 0.790. The van der Waals surface area contributed by atoms with Crippen molar-refractivity contribution < 1.29 is 0 Å². The lowest BCUT2D eigenvalue weighted by Gasteiger charge is -2.26. The summed E-state index contributed by atoms with van der Waals surface area (Å²) in [6.07, 6.45) is 5.87. The maximum Gasteiger partial charge on any atom is 0.0695 e. The molecule has 0 spiro atoms. The van der Waals surface area contributed by atoms with Gasteiger partial charge in [0.25, 0.3) is 0 Å². The number of nitrogens with one attached hydrogen (secondary N) is 4. The molecule has 2 heterocycles. The van der Waals surface area contributed by atoms with E-state index in [1.54, 1.807) is 0 Å². The van der Waals surface area contributed by atoms with Crippen molar-refractivity contribution in [3.05, 3.63) is 48.5 Å². The number of hydrogen-bond donors (Lipinski definition) is 4. The van der Waals surface area contributed by atoms with E-state index in [1.807, 2.05) is 0 Å². The summed E-state index contributed by atoms with van der Waals surface area (Å²) in [4.78, 5) is 23.7. The summed E-state index contributed by atoms with van der Waals surface area (Å²) in [6, 6.07) is 17.9. The van der Waals surface area contributed by atoms with E-state index in [2.05, 4.69) is 107 Å². The Balaban J connectivity index is 1.35. The highest BCUT2D eigenvalue weighted by Crippen LogP contribution is 2.25. The van der Waals surface area contributed by atoms with Gasteiger partial charge in [-0.05, 0) is 115 Å². The van der Waals surface area contributed by atoms with Crippen molar-refractivity contribution in [2.75, 3.05) is 88.8 Å². The van der Waals surface area contributed by atoms with Gasteiger partial charge in [-0.3, -0.25) is 41.2 Å². The summed E-state index contributed by atoms with van der Waals surface area (Å²) < 4.78 is 0. The molecule has 2 aliphatic rings. The number of rotatable bonds is 3. The molecule has 0 saturated carbocycles. The van der Waals surface area contributed by atoms with Crippen molar-refractivity contribution in [2.24, 2.45) is 20.0 Å². The molecule has 0 atom stereocenters. The van der Waals surface area contributed by atoms with Crippen molar-refractivity contribution in [2.45, 2.75) is 66.2 Å². The molecular weight excluding hydrogens is 596 g/mol. The zero-order valence-corrected chi connectivity index (χ0v) is 30.0. The average Bonchev–Trinajstić information content (AvgIpc) is 3.08. The van der Waals surface area contributed by atoms with Gasteiger partial charge in [0.1, 0.15) is 0 Å². The Kier molecular flexibility index (Phi) is 16.8. The van der Waals surface area contributed by atoms with E-state index >= 15 is 0 Å². The maximum atomic E-state index is 4.74. The molecule has 2 aromatic rings. The topological polar surface area (TPSA) is 104 Å². The summed E-state index contributed by atoms with van der Waals surface area (Å²) in [5.41, 5.74) is 9.55. The van der Waals surface area contributed by atoms with Gasteiger partial charge in [-0.25, -0.2) is 0 Å². The van der Waals surface area contributed by atoms with Crippen LogP contribution in [0.2, 0.25) is 0 Å². The Hall–Kier alpha value is -3.44. The summed E-state index contributed by atoms with van der Waals surface area (Å²) in [5.74, 6) is 0. The normalized spacial score (nSPS) is 19.9. The first-order chi connectivity index (χ1) is 23.5. The molecule has 0 amide bonds. The van der Waals surface area contributed by atoms with Gasteiger partial charge in [-0.1, -0.05) is 24.3 Å². The minimum atomic E-state index is 0.790. The first kappa shape index (κ1) is 37.4. The smallest absolute Gasteiger partial charge is 0.0695 e. The molecule has 0 unspecified atom stereocenters. The highest BCUT2D eigenvalue weighted by atomic mass is 15.3.